The van der Waals surface area contributed by atoms with Gasteiger partial charge in [-0.15, -0.1) is 0 Å². The fourth-order valence-corrected chi connectivity index (χ4v) is 1.74. The number of rotatable bonds is 6. The second kappa shape index (κ2) is 6.88. The van der Waals surface area contributed by atoms with Crippen molar-refractivity contribution in [3.05, 3.63) is 35.9 Å². The van der Waals surface area contributed by atoms with E-state index >= 15 is 0 Å². The molecule has 2 N–H and O–H groups in total. The smallest absolute Gasteiger partial charge is 0.275 e. The van der Waals surface area contributed by atoms with Crippen LogP contribution in [0.5, 0.6) is 0 Å². The monoisotopic (exact) mass is 288 g/mol. The molecule has 6 nitrogen and oxygen atoms in total. The van der Waals surface area contributed by atoms with Crippen molar-refractivity contribution < 1.29 is 9.32 Å². The highest BCUT2D eigenvalue weighted by molar-refractivity contribution is 6.02. The van der Waals surface area contributed by atoms with Crippen molar-refractivity contribution in [2.75, 3.05) is 17.2 Å². The van der Waals surface area contributed by atoms with Crippen LogP contribution in [-0.2, 0) is 0 Å². The highest BCUT2D eigenvalue weighted by Crippen LogP contribution is 2.11. The number of amides is 1. The van der Waals surface area contributed by atoms with Crippen LogP contribution in [0.3, 0.4) is 0 Å². The zero-order valence-electron chi connectivity index (χ0n) is 12.5. The molecule has 21 heavy (non-hydrogen) atoms. The summed E-state index contributed by atoms with van der Waals surface area (Å²) in [5, 5.41) is 9.61. The lowest BCUT2D eigenvalue weighted by Gasteiger charge is -2.08. The quantitative estimate of drug-likeness (QED) is 0.853. The van der Waals surface area contributed by atoms with Crippen molar-refractivity contribution in [3.63, 3.8) is 0 Å². The maximum Gasteiger partial charge on any atom is 0.275 e. The third-order valence-electron chi connectivity index (χ3n) is 2.92. The number of carbonyl (C=O) groups is 1. The van der Waals surface area contributed by atoms with E-state index in [1.165, 1.54) is 0 Å². The third kappa shape index (κ3) is 4.59. The van der Waals surface area contributed by atoms with Crippen molar-refractivity contribution >= 4 is 17.4 Å². The Hall–Kier alpha value is -2.37. The topological polar surface area (TPSA) is 80.0 Å². The van der Waals surface area contributed by atoms with E-state index in [0.717, 1.165) is 18.7 Å². The molecule has 0 atom stereocenters. The molecule has 0 aliphatic carbocycles. The van der Waals surface area contributed by atoms with E-state index in [-0.39, 0.29) is 5.91 Å². The van der Waals surface area contributed by atoms with Crippen LogP contribution in [0.2, 0.25) is 0 Å². The zero-order chi connectivity index (χ0) is 15.2. The summed E-state index contributed by atoms with van der Waals surface area (Å²) in [6, 6.07) is 5.18. The van der Waals surface area contributed by atoms with Crippen LogP contribution in [0, 0.1) is 12.8 Å². The first-order chi connectivity index (χ1) is 10.0. The summed E-state index contributed by atoms with van der Waals surface area (Å²) in [5.41, 5.74) is 1.24. The number of aromatic nitrogens is 2. The minimum absolute atomic E-state index is 0.308. The predicted molar refractivity (Wildman–Crippen MR) is 81.4 cm³/mol. The van der Waals surface area contributed by atoms with Crippen LogP contribution in [0.25, 0.3) is 0 Å². The van der Waals surface area contributed by atoms with Crippen molar-refractivity contribution in [2.45, 2.75) is 27.2 Å². The van der Waals surface area contributed by atoms with Crippen LogP contribution in [0.1, 0.15) is 36.5 Å². The molecular weight excluding hydrogens is 268 g/mol. The number of pyridine rings is 1. The van der Waals surface area contributed by atoms with E-state index in [1.807, 2.05) is 6.07 Å². The number of aryl methyl sites for hydroxylation is 1. The van der Waals surface area contributed by atoms with Gasteiger partial charge >= 0.3 is 0 Å². The lowest BCUT2D eigenvalue weighted by atomic mass is 10.1. The summed E-state index contributed by atoms with van der Waals surface area (Å²) in [4.78, 5) is 16.1. The predicted octanol–water partition coefficient (Wildman–Crippen LogP) is 3.09. The van der Waals surface area contributed by atoms with E-state index < -0.39 is 0 Å². The molecule has 0 aromatic carbocycles. The number of anilines is 2. The van der Waals surface area contributed by atoms with Crippen molar-refractivity contribution in [2.24, 2.45) is 5.92 Å². The molecule has 0 bridgehead atoms. The van der Waals surface area contributed by atoms with Gasteiger partial charge in [-0.05, 0) is 31.4 Å². The van der Waals surface area contributed by atoms with Crippen LogP contribution in [0.4, 0.5) is 11.5 Å². The summed E-state index contributed by atoms with van der Waals surface area (Å²) < 4.78 is 4.89. The summed E-state index contributed by atoms with van der Waals surface area (Å²) >= 11 is 0. The van der Waals surface area contributed by atoms with Gasteiger partial charge in [0.1, 0.15) is 11.5 Å². The first-order valence-electron chi connectivity index (χ1n) is 6.99. The third-order valence-corrected chi connectivity index (χ3v) is 2.92. The van der Waals surface area contributed by atoms with Crippen LogP contribution < -0.4 is 10.6 Å². The van der Waals surface area contributed by atoms with Gasteiger partial charge in [0.25, 0.3) is 5.91 Å². The van der Waals surface area contributed by atoms with Gasteiger partial charge in [0.05, 0.1) is 11.9 Å². The lowest BCUT2D eigenvalue weighted by Crippen LogP contribution is -2.14. The van der Waals surface area contributed by atoms with Gasteiger partial charge in [-0.25, -0.2) is 4.98 Å². The summed E-state index contributed by atoms with van der Waals surface area (Å²) in [5.74, 6) is 1.37. The molecule has 2 heterocycles. The summed E-state index contributed by atoms with van der Waals surface area (Å²) in [6.45, 7) is 7.01. The van der Waals surface area contributed by atoms with Gasteiger partial charge in [0.15, 0.2) is 5.82 Å². The van der Waals surface area contributed by atoms with E-state index in [9.17, 15) is 4.79 Å². The maximum atomic E-state index is 12.0. The Morgan fingerprint density at radius 1 is 1.38 bits per heavy atom. The summed E-state index contributed by atoms with van der Waals surface area (Å²) in [6.07, 6.45) is 2.75. The van der Waals surface area contributed by atoms with Gasteiger partial charge in [-0.2, -0.15) is 0 Å². The Morgan fingerprint density at radius 2 is 2.19 bits per heavy atom. The molecule has 1 amide bonds. The Kier molecular flexibility index (Phi) is 4.92. The largest absolute Gasteiger partial charge is 0.384 e. The molecule has 0 spiro atoms. The second-order valence-corrected chi connectivity index (χ2v) is 5.32. The molecule has 0 fully saturated rings. The molecule has 2 rings (SSSR count). The molecule has 0 radical (unpaired) electrons. The van der Waals surface area contributed by atoms with Gasteiger partial charge in [-0.3, -0.25) is 4.79 Å². The molecule has 2 aromatic heterocycles. The van der Waals surface area contributed by atoms with E-state index in [2.05, 4.69) is 34.6 Å². The average Bonchev–Trinajstić information content (AvgIpc) is 2.84. The standard InChI is InChI=1S/C15H20N4O2/c1-10(2)6-7-16-12-4-5-13(17-9-12)15(20)18-14-8-11(3)21-19-14/h4-5,8-10,16H,6-7H2,1-3H3,(H,18,19,20). The molecule has 2 aromatic rings. The highest BCUT2D eigenvalue weighted by atomic mass is 16.5. The molecule has 0 unspecified atom stereocenters. The first-order valence-corrected chi connectivity index (χ1v) is 6.99. The van der Waals surface area contributed by atoms with Gasteiger partial charge in [0.2, 0.25) is 0 Å². The van der Waals surface area contributed by atoms with Crippen molar-refractivity contribution in [1.82, 2.24) is 10.1 Å². The average molecular weight is 288 g/mol. The Bertz CT molecular complexity index is 590. The molecule has 6 heteroatoms. The van der Waals surface area contributed by atoms with Crippen LogP contribution in [0.15, 0.2) is 28.9 Å². The molecule has 112 valence electrons. The molecule has 0 saturated carbocycles. The minimum atomic E-state index is -0.308. The molecular formula is C15H20N4O2. The molecule has 0 aliphatic heterocycles. The van der Waals surface area contributed by atoms with Crippen LogP contribution >= 0.6 is 0 Å². The van der Waals surface area contributed by atoms with Crippen LogP contribution in [-0.4, -0.2) is 22.6 Å². The number of carbonyl (C=O) groups excluding carboxylic acids is 1. The number of nitrogens with zero attached hydrogens (tertiary/aromatic N) is 2. The Balaban J connectivity index is 1.90. The zero-order valence-corrected chi connectivity index (χ0v) is 12.5. The van der Waals surface area contributed by atoms with Gasteiger partial charge in [0, 0.05) is 12.6 Å². The lowest BCUT2D eigenvalue weighted by molar-refractivity contribution is 0.102. The number of hydrogen-bond acceptors (Lipinski definition) is 5. The van der Waals surface area contributed by atoms with Gasteiger partial charge in [-0.1, -0.05) is 19.0 Å². The van der Waals surface area contributed by atoms with E-state index in [4.69, 9.17) is 4.52 Å². The Labute approximate surface area is 123 Å². The summed E-state index contributed by atoms with van der Waals surface area (Å²) in [7, 11) is 0. The highest BCUT2D eigenvalue weighted by Gasteiger charge is 2.10. The molecule has 0 aliphatic rings. The maximum absolute atomic E-state index is 12.0. The van der Waals surface area contributed by atoms with Crippen molar-refractivity contribution in [3.8, 4) is 0 Å². The molecule has 0 saturated heterocycles. The fraction of sp³-hybridized carbons (Fsp3) is 0.400. The normalized spacial score (nSPS) is 10.7. The van der Waals surface area contributed by atoms with E-state index in [1.54, 1.807) is 25.3 Å². The van der Waals surface area contributed by atoms with E-state index in [0.29, 0.717) is 23.2 Å². The minimum Gasteiger partial charge on any atom is -0.384 e. The van der Waals surface area contributed by atoms with Gasteiger partial charge < -0.3 is 15.2 Å². The fourth-order valence-electron chi connectivity index (χ4n) is 1.74. The first kappa shape index (κ1) is 15.0. The second-order valence-electron chi connectivity index (χ2n) is 5.32. The Morgan fingerprint density at radius 3 is 2.76 bits per heavy atom. The van der Waals surface area contributed by atoms with Crippen molar-refractivity contribution in [1.29, 1.82) is 0 Å². The number of hydrogen-bond donors (Lipinski definition) is 2. The number of nitrogens with one attached hydrogen (secondary N) is 2. The SMILES string of the molecule is Cc1cc(NC(=O)c2ccc(NCCC(C)C)cn2)no1.